The van der Waals surface area contributed by atoms with Crippen LogP contribution in [0.2, 0.25) is 0 Å². The molecule has 1 N–H and O–H groups in total. The molecule has 0 amide bonds. The van der Waals surface area contributed by atoms with Gasteiger partial charge in [-0.1, -0.05) is 57.5 Å². The molecular weight excluding hydrogens is 396 g/mol. The monoisotopic (exact) mass is 440 g/mol. The zero-order valence-corrected chi connectivity index (χ0v) is 21.2. The molecule has 32 heavy (non-hydrogen) atoms. The van der Waals surface area contributed by atoms with Crippen molar-refractivity contribution >= 4 is 16.5 Å². The highest BCUT2D eigenvalue weighted by Crippen LogP contribution is 2.37. The van der Waals surface area contributed by atoms with E-state index < -0.39 is 0 Å². The van der Waals surface area contributed by atoms with Crippen LogP contribution in [-0.4, -0.2) is 51.4 Å². The zero-order chi connectivity index (χ0) is 23.3. The molecule has 0 aromatic heterocycles. The molecule has 2 aromatic carbocycles. The van der Waals surface area contributed by atoms with E-state index in [4.69, 9.17) is 9.47 Å². The number of hydrogen-bond acceptors (Lipinski definition) is 4. The minimum atomic E-state index is 0.454. The van der Waals surface area contributed by atoms with E-state index in [9.17, 15) is 0 Å². The Labute approximate surface area is 196 Å². The van der Waals surface area contributed by atoms with Crippen molar-refractivity contribution in [3.63, 3.8) is 0 Å². The average Bonchev–Trinajstić information content (AvgIpc) is 2.82. The van der Waals surface area contributed by atoms with Crippen LogP contribution < -0.4 is 10.1 Å². The third-order valence-electron chi connectivity index (χ3n) is 6.04. The number of nitrogens with one attached hydrogen (secondary N) is 1. The van der Waals surface area contributed by atoms with Crippen LogP contribution in [0.25, 0.3) is 16.5 Å². The highest BCUT2D eigenvalue weighted by atomic mass is 16.5. The summed E-state index contributed by atoms with van der Waals surface area (Å²) < 4.78 is 11.6. The summed E-state index contributed by atoms with van der Waals surface area (Å²) in [5, 5.41) is 5.92. The fourth-order valence-corrected chi connectivity index (χ4v) is 4.57. The first-order chi connectivity index (χ1) is 15.7. The zero-order valence-electron chi connectivity index (χ0n) is 21.2. The van der Waals surface area contributed by atoms with E-state index in [1.54, 1.807) is 7.11 Å². The van der Waals surface area contributed by atoms with Crippen molar-refractivity contribution in [3.05, 3.63) is 47.5 Å². The molecule has 0 aliphatic carbocycles. The first-order valence-electron chi connectivity index (χ1n) is 12.4. The lowest BCUT2D eigenvalue weighted by Gasteiger charge is -2.36. The quantitative estimate of drug-likeness (QED) is 0.331. The molecule has 2 aromatic rings. The third-order valence-corrected chi connectivity index (χ3v) is 6.04. The van der Waals surface area contributed by atoms with Gasteiger partial charge in [0.25, 0.3) is 0 Å². The largest absolute Gasteiger partial charge is 0.493 e. The predicted molar refractivity (Wildman–Crippen MR) is 139 cm³/mol. The van der Waals surface area contributed by atoms with E-state index in [1.165, 1.54) is 27.6 Å². The van der Waals surface area contributed by atoms with Crippen molar-refractivity contribution in [1.29, 1.82) is 0 Å². The van der Waals surface area contributed by atoms with Crippen molar-refractivity contribution in [1.82, 2.24) is 10.2 Å². The molecule has 0 radical (unpaired) electrons. The first kappa shape index (κ1) is 26.2. The lowest BCUT2D eigenvalue weighted by atomic mass is 9.91. The van der Waals surface area contributed by atoms with Crippen LogP contribution in [0, 0.1) is 0 Å². The number of allylic oxidation sites excluding steroid dienone is 1. The number of hydrogen-bond donors (Lipinski definition) is 1. The van der Waals surface area contributed by atoms with E-state index in [0.717, 1.165) is 50.9 Å². The molecule has 0 fully saturated rings. The van der Waals surface area contributed by atoms with Gasteiger partial charge >= 0.3 is 0 Å². The highest BCUT2D eigenvalue weighted by Gasteiger charge is 2.23. The van der Waals surface area contributed by atoms with Crippen LogP contribution in [0.3, 0.4) is 0 Å². The van der Waals surface area contributed by atoms with Crippen molar-refractivity contribution < 1.29 is 9.47 Å². The van der Waals surface area contributed by atoms with E-state index in [2.05, 4.69) is 74.3 Å². The summed E-state index contributed by atoms with van der Waals surface area (Å²) in [7, 11) is 3.79. The first-order valence-corrected chi connectivity index (χ1v) is 12.4. The summed E-state index contributed by atoms with van der Waals surface area (Å²) in [5.74, 6) is 0.978. The number of aryl methyl sites for hydroxylation is 1. The highest BCUT2D eigenvalue weighted by molar-refractivity contribution is 5.95. The molecule has 0 aliphatic heterocycles. The van der Waals surface area contributed by atoms with Gasteiger partial charge in [-0.15, -0.1) is 0 Å². The maximum absolute atomic E-state index is 6.33. The number of nitrogens with zero attached hydrogens (tertiary/aromatic N) is 1. The second kappa shape index (κ2) is 14.2. The Kier molecular flexibility index (Phi) is 11.6. The summed E-state index contributed by atoms with van der Waals surface area (Å²) in [5.41, 5.74) is 4.10. The molecule has 4 nitrogen and oxygen atoms in total. The molecule has 0 unspecified atom stereocenters. The molecular formula is C28H44N2O2. The fraction of sp³-hybridized carbons (Fsp3) is 0.571. The van der Waals surface area contributed by atoms with Crippen LogP contribution in [0.5, 0.6) is 5.75 Å². The summed E-state index contributed by atoms with van der Waals surface area (Å²) in [6.07, 6.45) is 7.57. The number of fused-ring (bicyclic) bond motifs is 1. The molecule has 0 heterocycles. The Balaban J connectivity index is 2.68. The van der Waals surface area contributed by atoms with Gasteiger partial charge < -0.3 is 19.7 Å². The van der Waals surface area contributed by atoms with Gasteiger partial charge in [0.05, 0.1) is 6.61 Å². The lowest BCUT2D eigenvalue weighted by molar-refractivity contribution is 0.172. The van der Waals surface area contributed by atoms with Gasteiger partial charge in [0.15, 0.2) is 0 Å². The molecule has 0 saturated heterocycles. The molecule has 1 atom stereocenters. The molecule has 178 valence electrons. The lowest BCUT2D eigenvalue weighted by Crippen LogP contribution is -2.40. The second-order valence-corrected chi connectivity index (χ2v) is 8.29. The third kappa shape index (κ3) is 6.49. The Morgan fingerprint density at radius 1 is 1.09 bits per heavy atom. The van der Waals surface area contributed by atoms with Gasteiger partial charge in [0.1, 0.15) is 5.75 Å². The normalized spacial score (nSPS) is 12.9. The standard InChI is InChI=1S/C28H44N2O2/c1-7-14-23-24-16-11-12-17-25(24)28(32-19-13-18-31-6)20-26(23)27(15-8-2)30(10-4)22(9-3)21-29-5/h11-12,15-17,20,22,29H,7-10,13-14,18-19,21H2,1-6H3/b27-15+/t22-/m1/s1. The van der Waals surface area contributed by atoms with Gasteiger partial charge in [0, 0.05) is 55.9 Å². The van der Waals surface area contributed by atoms with Crippen LogP contribution in [0.15, 0.2) is 36.4 Å². The maximum Gasteiger partial charge on any atom is 0.127 e. The molecule has 0 aliphatic rings. The number of rotatable bonds is 15. The molecule has 4 heteroatoms. The number of ether oxygens (including phenoxy) is 2. The van der Waals surface area contributed by atoms with Crippen molar-refractivity contribution in [2.75, 3.05) is 40.5 Å². The predicted octanol–water partition coefficient (Wildman–Crippen LogP) is 6.28. The summed E-state index contributed by atoms with van der Waals surface area (Å²) in [4.78, 5) is 2.58. The van der Waals surface area contributed by atoms with Crippen molar-refractivity contribution in [3.8, 4) is 5.75 Å². The summed E-state index contributed by atoms with van der Waals surface area (Å²) in [6, 6.07) is 11.5. The Morgan fingerprint density at radius 3 is 2.44 bits per heavy atom. The van der Waals surface area contributed by atoms with E-state index >= 15 is 0 Å². The van der Waals surface area contributed by atoms with Gasteiger partial charge in [0.2, 0.25) is 0 Å². The number of likely N-dealkylation sites (N-methyl/N-ethyl adjacent to an activating group) is 2. The van der Waals surface area contributed by atoms with E-state index in [0.29, 0.717) is 19.3 Å². The number of methoxy groups -OCH3 is 1. The SMILES string of the molecule is CC/C=C(\c1cc(OCCCOC)c2ccccc2c1CCC)N(CC)[C@H](CC)CNC. The summed E-state index contributed by atoms with van der Waals surface area (Å²) >= 11 is 0. The van der Waals surface area contributed by atoms with Crippen molar-refractivity contribution in [2.24, 2.45) is 0 Å². The minimum absolute atomic E-state index is 0.454. The van der Waals surface area contributed by atoms with Gasteiger partial charge in [-0.2, -0.15) is 0 Å². The van der Waals surface area contributed by atoms with Crippen molar-refractivity contribution in [2.45, 2.75) is 65.8 Å². The van der Waals surface area contributed by atoms with E-state index in [1.807, 2.05) is 7.05 Å². The van der Waals surface area contributed by atoms with Crippen LogP contribution in [0.4, 0.5) is 0 Å². The van der Waals surface area contributed by atoms with Gasteiger partial charge in [-0.3, -0.25) is 0 Å². The van der Waals surface area contributed by atoms with Gasteiger partial charge in [-0.25, -0.2) is 0 Å². The average molecular weight is 441 g/mol. The van der Waals surface area contributed by atoms with Crippen LogP contribution in [0.1, 0.15) is 64.5 Å². The fourth-order valence-electron chi connectivity index (χ4n) is 4.57. The molecule has 0 saturated carbocycles. The maximum atomic E-state index is 6.33. The Bertz CT molecular complexity index is 847. The Hall–Kier alpha value is -2.04. The smallest absolute Gasteiger partial charge is 0.127 e. The summed E-state index contributed by atoms with van der Waals surface area (Å²) in [6.45, 7) is 12.4. The van der Waals surface area contributed by atoms with E-state index in [-0.39, 0.29) is 0 Å². The number of benzene rings is 2. The molecule has 2 rings (SSSR count). The van der Waals surface area contributed by atoms with Crippen LogP contribution in [-0.2, 0) is 11.2 Å². The molecule has 0 spiro atoms. The second-order valence-electron chi connectivity index (χ2n) is 8.29. The molecule has 0 bridgehead atoms. The minimum Gasteiger partial charge on any atom is -0.493 e. The van der Waals surface area contributed by atoms with Crippen LogP contribution >= 0.6 is 0 Å². The topological polar surface area (TPSA) is 33.7 Å². The van der Waals surface area contributed by atoms with Gasteiger partial charge in [-0.05, 0) is 50.2 Å². The Morgan fingerprint density at radius 2 is 1.84 bits per heavy atom.